The summed E-state index contributed by atoms with van der Waals surface area (Å²) < 4.78 is 5.63. The number of non-ortho nitro benzene ring substituents is 1. The molecule has 0 saturated carbocycles. The van der Waals surface area contributed by atoms with Crippen molar-refractivity contribution >= 4 is 41.3 Å². The van der Waals surface area contributed by atoms with Crippen LogP contribution in [-0.2, 0) is 11.4 Å². The molecule has 1 N–H and O–H groups in total. The highest BCUT2D eigenvalue weighted by Crippen LogP contribution is 2.45. The van der Waals surface area contributed by atoms with E-state index < -0.39 is 4.92 Å². The van der Waals surface area contributed by atoms with E-state index in [9.17, 15) is 14.9 Å². The first-order chi connectivity index (χ1) is 13.9. The smallest absolute Gasteiger partial charge is 0.269 e. The van der Waals surface area contributed by atoms with Gasteiger partial charge < -0.3 is 4.74 Å². The van der Waals surface area contributed by atoms with Crippen LogP contribution in [0.5, 0.6) is 5.75 Å². The number of nitro benzene ring substituents is 1. The van der Waals surface area contributed by atoms with Crippen molar-refractivity contribution in [3.63, 3.8) is 0 Å². The average Bonchev–Trinajstić information content (AvgIpc) is 3.13. The van der Waals surface area contributed by atoms with Gasteiger partial charge in [0.05, 0.1) is 21.6 Å². The molecule has 1 aliphatic heterocycles. The molecule has 7 nitrogen and oxygen atoms in total. The Kier molecular flexibility index (Phi) is 7.16. The van der Waals surface area contributed by atoms with Crippen LogP contribution in [0.15, 0.2) is 53.6 Å². The maximum atomic E-state index is 12.0. The van der Waals surface area contributed by atoms with Gasteiger partial charge in [0.25, 0.3) is 5.69 Å². The second-order valence-electron chi connectivity index (χ2n) is 6.58. The molecule has 3 rings (SSSR count). The van der Waals surface area contributed by atoms with Gasteiger partial charge in [-0.25, -0.2) is 5.43 Å². The zero-order valence-electron chi connectivity index (χ0n) is 15.9. The molecule has 2 aromatic rings. The van der Waals surface area contributed by atoms with Crippen LogP contribution in [0.25, 0.3) is 0 Å². The van der Waals surface area contributed by atoms with Crippen molar-refractivity contribution in [3.05, 3.63) is 69.8 Å². The second kappa shape index (κ2) is 9.80. The molecule has 0 aliphatic carbocycles. The fraction of sp³-hybridized carbons (Fsp3) is 0.300. The molecule has 1 aliphatic rings. The van der Waals surface area contributed by atoms with Crippen LogP contribution in [-0.4, -0.2) is 32.6 Å². The molecule has 9 heteroatoms. The molecule has 0 radical (unpaired) electrons. The lowest BCUT2D eigenvalue weighted by atomic mass is 10.2. The molecule has 0 aromatic heterocycles. The summed E-state index contributed by atoms with van der Waals surface area (Å²) in [5.74, 6) is 2.74. The summed E-state index contributed by atoms with van der Waals surface area (Å²) in [5.41, 5.74) is 4.32. The molecule has 0 bridgehead atoms. The van der Waals surface area contributed by atoms with Gasteiger partial charge in [-0.15, -0.1) is 23.5 Å². The van der Waals surface area contributed by atoms with Crippen LogP contribution in [0.1, 0.15) is 24.5 Å². The highest BCUT2D eigenvalue weighted by atomic mass is 32.2. The van der Waals surface area contributed by atoms with Gasteiger partial charge in [0.1, 0.15) is 12.4 Å². The number of nitrogens with zero attached hydrogens (tertiary/aromatic N) is 2. The first-order valence-corrected chi connectivity index (χ1v) is 11.0. The zero-order valence-corrected chi connectivity index (χ0v) is 17.5. The number of hydrogen-bond donors (Lipinski definition) is 1. The van der Waals surface area contributed by atoms with E-state index in [1.54, 1.807) is 30.5 Å². The third-order valence-corrected chi connectivity index (χ3v) is 7.51. The van der Waals surface area contributed by atoms with Crippen LogP contribution < -0.4 is 10.2 Å². The van der Waals surface area contributed by atoms with Crippen molar-refractivity contribution < 1.29 is 14.5 Å². The third-order valence-electron chi connectivity index (χ3n) is 4.22. The fourth-order valence-corrected chi connectivity index (χ4v) is 5.53. The quantitative estimate of drug-likeness (QED) is 0.382. The predicted molar refractivity (Wildman–Crippen MR) is 118 cm³/mol. The summed E-state index contributed by atoms with van der Waals surface area (Å²) in [7, 11) is 0. The average molecular weight is 432 g/mol. The van der Waals surface area contributed by atoms with Gasteiger partial charge in [-0.2, -0.15) is 5.10 Å². The molecule has 1 fully saturated rings. The Morgan fingerprint density at radius 3 is 2.48 bits per heavy atom. The van der Waals surface area contributed by atoms with E-state index in [0.717, 1.165) is 22.6 Å². The third kappa shape index (κ3) is 6.50. The van der Waals surface area contributed by atoms with E-state index in [1.807, 2.05) is 35.7 Å². The van der Waals surface area contributed by atoms with E-state index in [2.05, 4.69) is 17.5 Å². The Balaban J connectivity index is 1.45. The Morgan fingerprint density at radius 2 is 1.86 bits per heavy atom. The number of hydrazone groups is 1. The monoisotopic (exact) mass is 431 g/mol. The number of nitro groups is 1. The second-order valence-corrected chi connectivity index (χ2v) is 10.0. The molecule has 0 unspecified atom stereocenters. The van der Waals surface area contributed by atoms with Crippen LogP contribution in [0, 0.1) is 10.1 Å². The molecule has 1 amide bonds. The molecule has 1 heterocycles. The number of carbonyl (C=O) groups excluding carboxylic acids is 1. The minimum absolute atomic E-state index is 0.0533. The zero-order chi connectivity index (χ0) is 20.7. The lowest BCUT2D eigenvalue weighted by molar-refractivity contribution is -0.384. The Labute approximate surface area is 177 Å². The molecule has 2 aromatic carbocycles. The molecular formula is C20H21N3O4S2. The largest absolute Gasteiger partial charge is 0.489 e. The first kappa shape index (κ1) is 21.2. The molecule has 0 spiro atoms. The number of thioether (sulfide) groups is 2. The van der Waals surface area contributed by atoms with E-state index in [-0.39, 0.29) is 15.7 Å². The lowest BCUT2D eigenvalue weighted by Crippen LogP contribution is -2.26. The van der Waals surface area contributed by atoms with Crippen molar-refractivity contribution in [1.29, 1.82) is 0 Å². The van der Waals surface area contributed by atoms with Crippen molar-refractivity contribution in [1.82, 2.24) is 5.43 Å². The maximum Gasteiger partial charge on any atom is 0.269 e. The highest BCUT2D eigenvalue weighted by molar-refractivity contribution is 8.21. The van der Waals surface area contributed by atoms with Gasteiger partial charge >= 0.3 is 0 Å². The van der Waals surface area contributed by atoms with Gasteiger partial charge in [0.15, 0.2) is 0 Å². The summed E-state index contributed by atoms with van der Waals surface area (Å²) in [6.45, 7) is 2.41. The van der Waals surface area contributed by atoms with Gasteiger partial charge in [0.2, 0.25) is 5.91 Å². The maximum absolute atomic E-state index is 12.0. The summed E-state index contributed by atoms with van der Waals surface area (Å²) in [5, 5.41) is 14.7. The van der Waals surface area contributed by atoms with Gasteiger partial charge in [-0.3, -0.25) is 14.9 Å². The van der Waals surface area contributed by atoms with Crippen molar-refractivity contribution in [2.75, 3.05) is 11.5 Å². The van der Waals surface area contributed by atoms with Crippen LogP contribution in [0.3, 0.4) is 0 Å². The van der Waals surface area contributed by atoms with Crippen LogP contribution in [0.2, 0.25) is 0 Å². The molecule has 152 valence electrons. The number of ether oxygens (including phenoxy) is 1. The van der Waals surface area contributed by atoms with Crippen LogP contribution in [0.4, 0.5) is 5.69 Å². The van der Waals surface area contributed by atoms with Crippen LogP contribution >= 0.6 is 23.5 Å². The lowest BCUT2D eigenvalue weighted by Gasteiger charge is -2.19. The van der Waals surface area contributed by atoms with Crippen molar-refractivity contribution in [3.8, 4) is 5.75 Å². The summed E-state index contributed by atoms with van der Waals surface area (Å²) in [4.78, 5) is 22.3. The normalized spacial score (nSPS) is 15.3. The molecule has 29 heavy (non-hydrogen) atoms. The highest BCUT2D eigenvalue weighted by Gasteiger charge is 2.32. The van der Waals surface area contributed by atoms with Gasteiger partial charge in [-0.1, -0.05) is 0 Å². The number of carbonyl (C=O) groups is 1. The SMILES string of the molecule is CC1(CC(=O)N/N=C\c2ccc(OCc3ccc([N+](=O)[O-])cc3)cc2)SCCS1. The number of rotatable bonds is 8. The minimum Gasteiger partial charge on any atom is -0.489 e. The summed E-state index contributed by atoms with van der Waals surface area (Å²) in [6, 6.07) is 13.5. The number of benzene rings is 2. The molecular weight excluding hydrogens is 410 g/mol. The Bertz CT molecular complexity index is 880. The van der Waals surface area contributed by atoms with E-state index in [4.69, 9.17) is 4.74 Å². The first-order valence-electron chi connectivity index (χ1n) is 9.00. The van der Waals surface area contributed by atoms with E-state index >= 15 is 0 Å². The topological polar surface area (TPSA) is 93.8 Å². The summed E-state index contributed by atoms with van der Waals surface area (Å²) in [6.07, 6.45) is 2.03. The predicted octanol–water partition coefficient (Wildman–Crippen LogP) is 4.21. The number of amides is 1. The molecule has 1 saturated heterocycles. The van der Waals surface area contributed by atoms with Crippen molar-refractivity contribution in [2.45, 2.75) is 24.0 Å². The van der Waals surface area contributed by atoms with E-state index in [1.165, 1.54) is 12.1 Å². The van der Waals surface area contributed by atoms with Gasteiger partial charge in [0, 0.05) is 23.6 Å². The number of nitrogens with one attached hydrogen (secondary N) is 1. The van der Waals surface area contributed by atoms with Gasteiger partial charge in [-0.05, 0) is 54.4 Å². The summed E-state index contributed by atoms with van der Waals surface area (Å²) >= 11 is 3.63. The number of hydrogen-bond acceptors (Lipinski definition) is 7. The fourth-order valence-electron chi connectivity index (χ4n) is 2.70. The standard InChI is InChI=1S/C20H21N3O4S2/c1-20(28-10-11-29-20)12-19(24)22-21-13-15-4-8-18(9-5-15)27-14-16-2-6-17(7-3-16)23(25)26/h2-9,13H,10-12,14H2,1H3,(H,22,24)/b21-13-. The van der Waals surface area contributed by atoms with Crippen molar-refractivity contribution in [2.24, 2.45) is 5.10 Å². The Morgan fingerprint density at radius 1 is 1.21 bits per heavy atom. The van der Waals surface area contributed by atoms with E-state index in [0.29, 0.717) is 18.8 Å². The molecule has 0 atom stereocenters. The Hall–Kier alpha value is -2.52. The minimum atomic E-state index is -0.430.